The van der Waals surface area contributed by atoms with Crippen LogP contribution >= 0.6 is 11.6 Å². The molecular weight excluding hydrogens is 579 g/mol. The van der Waals surface area contributed by atoms with Crippen LogP contribution in [0.25, 0.3) is 16.9 Å². The van der Waals surface area contributed by atoms with Gasteiger partial charge in [-0.2, -0.15) is 0 Å². The van der Waals surface area contributed by atoms with Gasteiger partial charge in [0, 0.05) is 48.0 Å². The normalized spacial score (nSPS) is 19.6. The molecule has 43 heavy (non-hydrogen) atoms. The van der Waals surface area contributed by atoms with Gasteiger partial charge in [0.2, 0.25) is 0 Å². The predicted molar refractivity (Wildman–Crippen MR) is 160 cm³/mol. The van der Waals surface area contributed by atoms with Gasteiger partial charge in [0.1, 0.15) is 22.9 Å². The second-order valence-corrected chi connectivity index (χ2v) is 12.5. The summed E-state index contributed by atoms with van der Waals surface area (Å²) in [6.45, 7) is 12.6. The molecule has 2 aliphatic rings. The van der Waals surface area contributed by atoms with Gasteiger partial charge in [0.05, 0.1) is 25.4 Å². The summed E-state index contributed by atoms with van der Waals surface area (Å²) in [5, 5.41) is 0.241. The topological polar surface area (TPSA) is 110 Å². The van der Waals surface area contributed by atoms with Crippen LogP contribution < -0.4 is 10.5 Å². The van der Waals surface area contributed by atoms with E-state index in [4.69, 9.17) is 26.1 Å². The molecule has 2 amide bonds. The third kappa shape index (κ3) is 6.45. The van der Waals surface area contributed by atoms with Gasteiger partial charge in [-0.15, -0.1) is 0 Å². The second-order valence-electron chi connectivity index (χ2n) is 12.0. The van der Waals surface area contributed by atoms with Crippen LogP contribution in [0.5, 0.6) is 0 Å². The van der Waals surface area contributed by atoms with Crippen molar-refractivity contribution in [3.63, 3.8) is 0 Å². The van der Waals surface area contributed by atoms with Crippen LogP contribution in [-0.2, 0) is 14.3 Å². The molecule has 2 atom stereocenters. The van der Waals surface area contributed by atoms with E-state index in [0.717, 1.165) is 0 Å². The van der Waals surface area contributed by atoms with E-state index < -0.39 is 23.6 Å². The number of carbonyl (C=O) groups is 2. The number of fused-ring (bicyclic) bond motifs is 1. The van der Waals surface area contributed by atoms with Crippen molar-refractivity contribution >= 4 is 35.1 Å². The number of rotatable bonds is 3. The Balaban J connectivity index is 1.37. The average molecular weight is 615 g/mol. The predicted octanol–water partition coefficient (Wildman–Crippen LogP) is 3.84. The molecule has 2 saturated heterocycles. The number of benzene rings is 1. The number of hydrogen-bond donors (Lipinski definition) is 0. The molecule has 2 fully saturated rings. The molecule has 11 nitrogen and oxygen atoms in total. The van der Waals surface area contributed by atoms with Crippen molar-refractivity contribution in [2.24, 2.45) is 0 Å². The Morgan fingerprint density at radius 2 is 1.77 bits per heavy atom. The summed E-state index contributed by atoms with van der Waals surface area (Å²) in [6.07, 6.45) is -0.00647. The van der Waals surface area contributed by atoms with Crippen LogP contribution in [0.2, 0.25) is 5.02 Å². The fourth-order valence-electron chi connectivity index (χ4n) is 5.26. The van der Waals surface area contributed by atoms with E-state index in [1.165, 1.54) is 21.4 Å². The number of ether oxygens (including phenoxy) is 2. The molecule has 5 rings (SSSR count). The molecule has 0 N–H and O–H groups in total. The maximum Gasteiger partial charge on any atom is 0.410 e. The Morgan fingerprint density at radius 1 is 1.07 bits per heavy atom. The summed E-state index contributed by atoms with van der Waals surface area (Å²) in [4.78, 5) is 53.9. The van der Waals surface area contributed by atoms with Crippen LogP contribution in [0.3, 0.4) is 0 Å². The maximum atomic E-state index is 15.1. The van der Waals surface area contributed by atoms with Gasteiger partial charge in [-0.3, -0.25) is 14.0 Å². The Kier molecular flexibility index (Phi) is 8.36. The van der Waals surface area contributed by atoms with Crippen LogP contribution in [0.15, 0.2) is 29.2 Å². The highest BCUT2D eigenvalue weighted by atomic mass is 35.5. The Labute approximate surface area is 254 Å². The molecule has 230 valence electrons. The number of anilines is 1. The number of nitrogens with zero attached hydrogens (tertiary/aromatic N) is 6. The maximum absolute atomic E-state index is 15.1. The summed E-state index contributed by atoms with van der Waals surface area (Å²) in [7, 11) is 0. The van der Waals surface area contributed by atoms with Crippen LogP contribution in [0.4, 0.5) is 15.0 Å². The minimum absolute atomic E-state index is 0.106. The third-order valence-corrected chi connectivity index (χ3v) is 7.79. The van der Waals surface area contributed by atoms with E-state index in [9.17, 15) is 14.4 Å². The lowest BCUT2D eigenvalue weighted by Crippen LogP contribution is -2.58. The van der Waals surface area contributed by atoms with E-state index in [-0.39, 0.29) is 46.0 Å². The minimum Gasteiger partial charge on any atom is -0.444 e. The summed E-state index contributed by atoms with van der Waals surface area (Å²) < 4.78 is 27.9. The van der Waals surface area contributed by atoms with Crippen LogP contribution in [0.1, 0.15) is 39.0 Å². The number of morpholine rings is 1. The first-order chi connectivity index (χ1) is 20.2. The number of hydrogen-bond acceptors (Lipinski definition) is 8. The summed E-state index contributed by atoms with van der Waals surface area (Å²) >= 11 is 5.99. The molecule has 13 heteroatoms. The molecule has 2 aliphatic heterocycles. The molecule has 0 unspecified atom stereocenters. The molecule has 4 heterocycles. The molecule has 0 radical (unpaired) electrons. The lowest BCUT2D eigenvalue weighted by Gasteiger charge is -2.41. The van der Waals surface area contributed by atoms with Crippen molar-refractivity contribution in [1.29, 1.82) is 0 Å². The van der Waals surface area contributed by atoms with Gasteiger partial charge in [0.15, 0.2) is 11.8 Å². The van der Waals surface area contributed by atoms with Crippen molar-refractivity contribution in [1.82, 2.24) is 24.2 Å². The van der Waals surface area contributed by atoms with Gasteiger partial charge in [-0.05, 0) is 59.7 Å². The number of halogens is 2. The number of amides is 2. The first kappa shape index (κ1) is 30.7. The third-order valence-electron chi connectivity index (χ3n) is 7.56. The first-order valence-corrected chi connectivity index (χ1v) is 14.6. The van der Waals surface area contributed by atoms with Gasteiger partial charge >= 0.3 is 6.09 Å². The minimum atomic E-state index is -0.808. The first-order valence-electron chi connectivity index (χ1n) is 14.2. The molecule has 0 saturated carbocycles. The van der Waals surface area contributed by atoms with E-state index in [0.29, 0.717) is 49.8 Å². The van der Waals surface area contributed by atoms with Gasteiger partial charge in [-0.25, -0.2) is 19.2 Å². The van der Waals surface area contributed by atoms with Crippen LogP contribution in [0, 0.1) is 19.7 Å². The second kappa shape index (κ2) is 11.7. The van der Waals surface area contributed by atoms with Gasteiger partial charge in [-0.1, -0.05) is 11.6 Å². The lowest BCUT2D eigenvalue weighted by atomic mass is 10.1. The Hall–Kier alpha value is -3.77. The number of piperazine rings is 1. The average Bonchev–Trinajstić information content (AvgIpc) is 2.94. The number of aromatic nitrogens is 3. The van der Waals surface area contributed by atoms with Crippen molar-refractivity contribution in [2.45, 2.75) is 59.4 Å². The Morgan fingerprint density at radius 3 is 2.42 bits per heavy atom. The van der Waals surface area contributed by atoms with E-state index >= 15 is 4.39 Å². The molecule has 2 aromatic heterocycles. The van der Waals surface area contributed by atoms with E-state index in [1.54, 1.807) is 51.8 Å². The highest BCUT2D eigenvalue weighted by molar-refractivity contribution is 6.30. The smallest absolute Gasteiger partial charge is 0.410 e. The Bertz CT molecular complexity index is 1630. The van der Waals surface area contributed by atoms with E-state index in [1.807, 2.05) is 11.8 Å². The summed E-state index contributed by atoms with van der Waals surface area (Å²) in [5.74, 6) is -0.333. The van der Waals surface area contributed by atoms with E-state index in [2.05, 4.69) is 4.98 Å². The fraction of sp³-hybridized carbons (Fsp3) is 0.500. The summed E-state index contributed by atoms with van der Waals surface area (Å²) in [5.41, 5.74) is 0.728. The number of carbonyl (C=O) groups excluding carboxylic acids is 2. The van der Waals surface area contributed by atoms with Crippen molar-refractivity contribution in [3.8, 4) is 11.3 Å². The highest BCUT2D eigenvalue weighted by Gasteiger charge is 2.37. The SMILES string of the molecule is Cc1nc2c(-c3ccc(Cl)cc3F)nc(N3CCN(C(=O)[C@@H]4CN(C(=O)OC(C)(C)C)C[C@@H](C)O4)CC3)cn2c(=O)c1C. The molecule has 0 aliphatic carbocycles. The van der Waals surface area contributed by atoms with Crippen LogP contribution in [-0.4, -0.2) is 93.2 Å². The van der Waals surface area contributed by atoms with Crippen molar-refractivity contribution < 1.29 is 23.5 Å². The van der Waals surface area contributed by atoms with Crippen molar-refractivity contribution in [2.75, 3.05) is 44.2 Å². The highest BCUT2D eigenvalue weighted by Crippen LogP contribution is 2.29. The standard InChI is InChI=1S/C30H36ClFN6O5/c1-17-14-37(29(41)43-30(4,5)6)15-23(42-17)28(40)36-11-9-35(10-12-36)24-16-38-26(33-19(3)18(2)27(38)39)25(34-24)21-8-7-20(31)13-22(21)32/h7-8,13,16-17,23H,9-12,14-15H2,1-6H3/t17-,23+/m1/s1. The molecule has 0 bridgehead atoms. The zero-order chi connectivity index (χ0) is 31.2. The molecule has 0 spiro atoms. The number of aryl methyl sites for hydroxylation is 1. The zero-order valence-electron chi connectivity index (χ0n) is 25.2. The van der Waals surface area contributed by atoms with Gasteiger partial charge < -0.3 is 24.2 Å². The molecule has 1 aromatic carbocycles. The zero-order valence-corrected chi connectivity index (χ0v) is 25.9. The largest absolute Gasteiger partial charge is 0.444 e. The molecule has 3 aromatic rings. The van der Waals surface area contributed by atoms with Gasteiger partial charge in [0.25, 0.3) is 11.5 Å². The lowest BCUT2D eigenvalue weighted by molar-refractivity contribution is -0.155. The summed E-state index contributed by atoms with van der Waals surface area (Å²) in [6, 6.07) is 4.28. The fourth-order valence-corrected chi connectivity index (χ4v) is 5.42. The monoisotopic (exact) mass is 614 g/mol. The van der Waals surface area contributed by atoms with Crippen molar-refractivity contribution in [3.05, 3.63) is 56.8 Å². The quantitative estimate of drug-likeness (QED) is 0.438. The molecular formula is C30H36ClFN6O5.